The summed E-state index contributed by atoms with van der Waals surface area (Å²) in [7, 11) is 0. The molecule has 1 aromatic carbocycles. The highest BCUT2D eigenvalue weighted by Crippen LogP contribution is 2.29. The van der Waals surface area contributed by atoms with Crippen molar-refractivity contribution in [1.82, 2.24) is 5.32 Å². The van der Waals surface area contributed by atoms with Gasteiger partial charge in [-0.15, -0.1) is 18.2 Å². The summed E-state index contributed by atoms with van der Waals surface area (Å²) in [4.78, 5) is 0. The van der Waals surface area contributed by atoms with E-state index < -0.39 is 0 Å². The summed E-state index contributed by atoms with van der Waals surface area (Å²) >= 11 is 13.9. The van der Waals surface area contributed by atoms with Crippen molar-refractivity contribution < 1.29 is 0 Å². The van der Waals surface area contributed by atoms with E-state index in [1.807, 2.05) is 12.1 Å². The van der Waals surface area contributed by atoms with Crippen LogP contribution < -0.4 is 5.32 Å². The summed E-state index contributed by atoms with van der Waals surface area (Å²) < 4.78 is 0. The highest BCUT2D eigenvalue weighted by Gasteiger charge is 2.10. The third-order valence-corrected chi connectivity index (χ3v) is 4.03. The number of rotatable bonds is 6. The molecule has 0 amide bonds. The third-order valence-electron chi connectivity index (χ3n) is 2.33. The molecule has 0 fully saturated rings. The molecule has 0 radical (unpaired) electrons. The topological polar surface area (TPSA) is 12.0 Å². The van der Waals surface area contributed by atoms with Crippen LogP contribution in [-0.4, -0.2) is 18.1 Å². The maximum Gasteiger partial charge on any atom is 0.0639 e. The Morgan fingerprint density at radius 1 is 1.47 bits per heavy atom. The predicted molar refractivity (Wildman–Crippen MR) is 79.0 cm³/mol. The van der Waals surface area contributed by atoms with Crippen molar-refractivity contribution >= 4 is 35.0 Å². The van der Waals surface area contributed by atoms with Gasteiger partial charge in [-0.3, -0.25) is 0 Å². The lowest BCUT2D eigenvalue weighted by atomic mass is 10.1. The Balaban J connectivity index is 2.45. The molecule has 0 aromatic heterocycles. The molecule has 0 saturated heterocycles. The quantitative estimate of drug-likeness (QED) is 0.627. The molecule has 0 aliphatic rings. The van der Waals surface area contributed by atoms with Crippen molar-refractivity contribution in [1.29, 1.82) is 0 Å². The zero-order valence-corrected chi connectivity index (χ0v) is 12.0. The summed E-state index contributed by atoms with van der Waals surface area (Å²) in [6.45, 7) is 2.97. The Hall–Kier alpha value is -0.330. The van der Waals surface area contributed by atoms with E-state index in [1.54, 1.807) is 17.8 Å². The summed E-state index contributed by atoms with van der Waals surface area (Å²) in [6, 6.07) is 5.88. The van der Waals surface area contributed by atoms with E-state index in [4.69, 9.17) is 29.6 Å². The van der Waals surface area contributed by atoms with Crippen LogP contribution in [0, 0.1) is 12.3 Å². The van der Waals surface area contributed by atoms with E-state index >= 15 is 0 Å². The zero-order chi connectivity index (χ0) is 12.7. The summed E-state index contributed by atoms with van der Waals surface area (Å²) in [5.41, 5.74) is 1.03. The van der Waals surface area contributed by atoms with Gasteiger partial charge in [0.05, 0.1) is 15.8 Å². The smallest absolute Gasteiger partial charge is 0.0639 e. The van der Waals surface area contributed by atoms with Crippen molar-refractivity contribution in [3.8, 4) is 12.3 Å². The van der Waals surface area contributed by atoms with Gasteiger partial charge >= 0.3 is 0 Å². The largest absolute Gasteiger partial charge is 0.309 e. The van der Waals surface area contributed by atoms with Crippen molar-refractivity contribution in [2.75, 3.05) is 18.1 Å². The van der Waals surface area contributed by atoms with Crippen LogP contribution in [0.2, 0.25) is 10.0 Å². The van der Waals surface area contributed by atoms with Crippen LogP contribution in [-0.2, 0) is 0 Å². The minimum absolute atomic E-state index is 0.188. The Labute approximate surface area is 117 Å². The number of benzene rings is 1. The standard InChI is InChI=1S/C13H15Cl2NS/c1-3-8-17-9-7-16-10(2)11-5-4-6-12(14)13(11)15/h1,4-6,10,16H,7-9H2,2H3. The van der Waals surface area contributed by atoms with Gasteiger partial charge in [-0.2, -0.15) is 0 Å². The first kappa shape index (κ1) is 14.7. The molecule has 0 aliphatic carbocycles. The molecule has 1 atom stereocenters. The van der Waals surface area contributed by atoms with Crippen molar-refractivity contribution in [3.63, 3.8) is 0 Å². The van der Waals surface area contributed by atoms with Crippen LogP contribution in [0.4, 0.5) is 0 Å². The lowest BCUT2D eigenvalue weighted by molar-refractivity contribution is 0.601. The Morgan fingerprint density at radius 2 is 2.24 bits per heavy atom. The third kappa shape index (κ3) is 4.81. The SMILES string of the molecule is C#CCSCCNC(C)c1cccc(Cl)c1Cl. The average molecular weight is 288 g/mol. The highest BCUT2D eigenvalue weighted by atomic mass is 35.5. The van der Waals surface area contributed by atoms with Gasteiger partial charge in [-0.05, 0) is 18.6 Å². The first-order valence-corrected chi connectivity index (χ1v) is 7.26. The van der Waals surface area contributed by atoms with E-state index in [-0.39, 0.29) is 6.04 Å². The van der Waals surface area contributed by atoms with Gasteiger partial charge < -0.3 is 5.32 Å². The lowest BCUT2D eigenvalue weighted by Gasteiger charge is -2.16. The molecule has 1 rings (SSSR count). The van der Waals surface area contributed by atoms with Crippen molar-refractivity contribution in [2.24, 2.45) is 0 Å². The zero-order valence-electron chi connectivity index (χ0n) is 9.67. The van der Waals surface area contributed by atoms with E-state index in [0.29, 0.717) is 10.0 Å². The van der Waals surface area contributed by atoms with Gasteiger partial charge in [0.1, 0.15) is 0 Å². The molecule has 1 unspecified atom stereocenters. The Morgan fingerprint density at radius 3 is 2.94 bits per heavy atom. The summed E-state index contributed by atoms with van der Waals surface area (Å²) in [6.07, 6.45) is 5.17. The second kappa shape index (κ2) is 7.89. The second-order valence-corrected chi connectivity index (χ2v) is 5.47. The number of halogens is 2. The molecular weight excluding hydrogens is 273 g/mol. The highest BCUT2D eigenvalue weighted by molar-refractivity contribution is 7.99. The van der Waals surface area contributed by atoms with E-state index in [1.165, 1.54) is 0 Å². The van der Waals surface area contributed by atoms with E-state index in [2.05, 4.69) is 18.2 Å². The van der Waals surface area contributed by atoms with E-state index in [9.17, 15) is 0 Å². The maximum absolute atomic E-state index is 6.15. The maximum atomic E-state index is 6.15. The molecule has 0 saturated carbocycles. The van der Waals surface area contributed by atoms with Gasteiger partial charge in [0.15, 0.2) is 0 Å². The molecule has 0 bridgehead atoms. The number of hydrogen-bond acceptors (Lipinski definition) is 2. The first-order valence-electron chi connectivity index (χ1n) is 5.35. The number of terminal acetylenes is 1. The summed E-state index contributed by atoms with van der Waals surface area (Å²) in [5.74, 6) is 4.35. The lowest BCUT2D eigenvalue weighted by Crippen LogP contribution is -2.21. The fraction of sp³-hybridized carbons (Fsp3) is 0.385. The molecule has 4 heteroatoms. The van der Waals surface area contributed by atoms with Crippen LogP contribution in [0.3, 0.4) is 0 Å². The molecule has 92 valence electrons. The monoisotopic (exact) mass is 287 g/mol. The Kier molecular flexibility index (Phi) is 6.84. The fourth-order valence-electron chi connectivity index (χ4n) is 1.44. The predicted octanol–water partition coefficient (Wildman–Crippen LogP) is 4.01. The minimum Gasteiger partial charge on any atom is -0.309 e. The van der Waals surface area contributed by atoms with E-state index in [0.717, 1.165) is 23.6 Å². The van der Waals surface area contributed by atoms with Gasteiger partial charge in [0.25, 0.3) is 0 Å². The van der Waals surface area contributed by atoms with Gasteiger partial charge in [-0.1, -0.05) is 41.3 Å². The van der Waals surface area contributed by atoms with Crippen LogP contribution in [0.5, 0.6) is 0 Å². The number of thioether (sulfide) groups is 1. The normalized spacial score (nSPS) is 12.1. The molecule has 0 spiro atoms. The van der Waals surface area contributed by atoms with Gasteiger partial charge in [0, 0.05) is 18.3 Å². The molecule has 1 aromatic rings. The fourth-order valence-corrected chi connectivity index (χ4v) is 2.44. The minimum atomic E-state index is 0.188. The molecule has 17 heavy (non-hydrogen) atoms. The molecule has 0 aliphatic heterocycles. The van der Waals surface area contributed by atoms with Crippen LogP contribution >= 0.6 is 35.0 Å². The molecule has 1 nitrogen and oxygen atoms in total. The number of nitrogens with one attached hydrogen (secondary N) is 1. The van der Waals surface area contributed by atoms with Crippen LogP contribution in [0.25, 0.3) is 0 Å². The first-order chi connectivity index (χ1) is 8.16. The number of hydrogen-bond donors (Lipinski definition) is 1. The Bertz CT molecular complexity index is 401. The average Bonchev–Trinajstić information content (AvgIpc) is 2.32. The molecular formula is C13H15Cl2NS. The van der Waals surface area contributed by atoms with Crippen molar-refractivity contribution in [3.05, 3.63) is 33.8 Å². The van der Waals surface area contributed by atoms with Gasteiger partial charge in [0.2, 0.25) is 0 Å². The summed E-state index contributed by atoms with van der Waals surface area (Å²) in [5, 5.41) is 4.62. The van der Waals surface area contributed by atoms with Gasteiger partial charge in [-0.25, -0.2) is 0 Å². The van der Waals surface area contributed by atoms with Crippen molar-refractivity contribution in [2.45, 2.75) is 13.0 Å². The second-order valence-electron chi connectivity index (χ2n) is 3.58. The van der Waals surface area contributed by atoms with Crippen LogP contribution in [0.1, 0.15) is 18.5 Å². The molecule has 1 N–H and O–H groups in total. The molecule has 0 heterocycles. The van der Waals surface area contributed by atoms with Crippen LogP contribution in [0.15, 0.2) is 18.2 Å².